The number of hydrogen-bond acceptors (Lipinski definition) is 3. The van der Waals surface area contributed by atoms with E-state index < -0.39 is 10.0 Å². The van der Waals surface area contributed by atoms with Gasteiger partial charge in [0.1, 0.15) is 0 Å². The number of aromatic nitrogens is 1. The van der Waals surface area contributed by atoms with E-state index in [1.807, 2.05) is 60.7 Å². The van der Waals surface area contributed by atoms with Crippen LogP contribution in [0.1, 0.15) is 36.5 Å². The molecule has 0 unspecified atom stereocenters. The van der Waals surface area contributed by atoms with Gasteiger partial charge in [-0.2, -0.15) is 0 Å². The minimum atomic E-state index is -3.58. The highest BCUT2D eigenvalue weighted by Crippen LogP contribution is 2.29. The van der Waals surface area contributed by atoms with Gasteiger partial charge in [0.05, 0.1) is 4.90 Å². The van der Waals surface area contributed by atoms with Crippen molar-refractivity contribution >= 4 is 48.5 Å². The van der Waals surface area contributed by atoms with Crippen LogP contribution in [0, 0.1) is 0 Å². The van der Waals surface area contributed by atoms with Crippen molar-refractivity contribution in [3.05, 3.63) is 90.5 Å². The quantitative estimate of drug-likeness (QED) is 0.230. The molecule has 0 radical (unpaired) electrons. The highest BCUT2D eigenvalue weighted by molar-refractivity contribution is 7.89. The van der Waals surface area contributed by atoms with Crippen LogP contribution in [-0.4, -0.2) is 32.0 Å². The number of fused-ring (bicyclic) bond motifs is 4. The number of amides is 1. The van der Waals surface area contributed by atoms with E-state index >= 15 is 0 Å². The second kappa shape index (κ2) is 10.7. The molecule has 0 bridgehead atoms. The number of carbonyl (C=O) groups excluding carboxylic acids is 1. The van der Waals surface area contributed by atoms with E-state index in [4.69, 9.17) is 0 Å². The molecule has 37 heavy (non-hydrogen) atoms. The van der Waals surface area contributed by atoms with Crippen LogP contribution >= 0.6 is 0 Å². The second-order valence-corrected chi connectivity index (χ2v) is 10.9. The smallest absolute Gasteiger partial charge is 0.251 e. The fourth-order valence-corrected chi connectivity index (χ4v) is 6.28. The molecule has 7 heteroatoms. The molecule has 190 valence electrons. The lowest BCUT2D eigenvalue weighted by molar-refractivity contribution is 0.0953. The minimum Gasteiger partial charge on any atom is -0.352 e. The normalized spacial score (nSPS) is 11.9. The average molecular weight is 514 g/mol. The van der Waals surface area contributed by atoms with Crippen LogP contribution in [0.4, 0.5) is 0 Å². The SMILES string of the molecule is CCn1c2ccccc2c2cc(C(=O)NCCCCCNS(=O)(=O)c3cccc4ccccc34)ccc21. The number of benzene rings is 4. The third kappa shape index (κ3) is 5.10. The summed E-state index contributed by atoms with van der Waals surface area (Å²) in [4.78, 5) is 13.1. The largest absolute Gasteiger partial charge is 0.352 e. The molecule has 1 amide bonds. The monoisotopic (exact) mass is 513 g/mol. The number of rotatable bonds is 10. The summed E-state index contributed by atoms with van der Waals surface area (Å²) >= 11 is 0. The summed E-state index contributed by atoms with van der Waals surface area (Å²) in [5.41, 5.74) is 2.95. The van der Waals surface area contributed by atoms with Crippen molar-refractivity contribution in [2.24, 2.45) is 0 Å². The van der Waals surface area contributed by atoms with Gasteiger partial charge in [-0.1, -0.05) is 61.0 Å². The van der Waals surface area contributed by atoms with Gasteiger partial charge >= 0.3 is 0 Å². The van der Waals surface area contributed by atoms with Crippen LogP contribution in [0.2, 0.25) is 0 Å². The molecule has 0 aliphatic carbocycles. The maximum Gasteiger partial charge on any atom is 0.251 e. The van der Waals surface area contributed by atoms with Gasteiger partial charge < -0.3 is 9.88 Å². The summed E-state index contributed by atoms with van der Waals surface area (Å²) in [5, 5.41) is 6.86. The molecule has 5 aromatic rings. The van der Waals surface area contributed by atoms with Crippen LogP contribution in [0.15, 0.2) is 89.8 Å². The standard InChI is InChI=1S/C30H31N3O3S/c1-2-33-27-15-7-6-14-25(27)26-21-23(17-18-28(26)33)30(34)31-19-8-3-9-20-32-37(35,36)29-16-10-12-22-11-4-5-13-24(22)29/h4-7,10-18,21,32H,2-3,8-9,19-20H2,1H3,(H,31,34). The molecule has 0 atom stereocenters. The number of sulfonamides is 1. The van der Waals surface area contributed by atoms with E-state index in [1.54, 1.807) is 12.1 Å². The fraction of sp³-hybridized carbons (Fsp3) is 0.233. The predicted molar refractivity (Wildman–Crippen MR) is 150 cm³/mol. The van der Waals surface area contributed by atoms with Crippen LogP contribution in [0.5, 0.6) is 0 Å². The number of aryl methyl sites for hydroxylation is 1. The Hall–Kier alpha value is -3.68. The van der Waals surface area contributed by atoms with Gasteiger partial charge in [-0.25, -0.2) is 13.1 Å². The van der Waals surface area contributed by atoms with Gasteiger partial charge in [0.25, 0.3) is 5.91 Å². The highest BCUT2D eigenvalue weighted by Gasteiger charge is 2.16. The first kappa shape index (κ1) is 25.0. The second-order valence-electron chi connectivity index (χ2n) is 9.18. The highest BCUT2D eigenvalue weighted by atomic mass is 32.2. The van der Waals surface area contributed by atoms with E-state index in [-0.39, 0.29) is 5.91 Å². The molecule has 0 saturated carbocycles. The van der Waals surface area contributed by atoms with Crippen molar-refractivity contribution in [2.45, 2.75) is 37.6 Å². The molecule has 5 rings (SSSR count). The van der Waals surface area contributed by atoms with Crippen molar-refractivity contribution in [3.8, 4) is 0 Å². The van der Waals surface area contributed by atoms with Gasteiger partial charge in [-0.15, -0.1) is 0 Å². The number of nitrogens with zero attached hydrogens (tertiary/aromatic N) is 1. The maximum absolute atomic E-state index is 12.8. The van der Waals surface area contributed by atoms with Crippen LogP contribution < -0.4 is 10.0 Å². The Morgan fingerprint density at radius 1 is 0.757 bits per heavy atom. The molecule has 4 aromatic carbocycles. The summed E-state index contributed by atoms with van der Waals surface area (Å²) < 4.78 is 30.6. The molecule has 0 aliphatic rings. The molecule has 1 heterocycles. The Kier molecular flexibility index (Phi) is 7.26. The molecule has 2 N–H and O–H groups in total. The first-order valence-corrected chi connectivity index (χ1v) is 14.2. The first-order chi connectivity index (χ1) is 18.0. The zero-order valence-electron chi connectivity index (χ0n) is 20.9. The van der Waals surface area contributed by atoms with E-state index in [9.17, 15) is 13.2 Å². The van der Waals surface area contributed by atoms with Gasteiger partial charge in [0, 0.05) is 52.4 Å². The number of para-hydroxylation sites is 1. The van der Waals surface area contributed by atoms with Crippen LogP contribution in [0.3, 0.4) is 0 Å². The van der Waals surface area contributed by atoms with Crippen molar-refractivity contribution in [2.75, 3.05) is 13.1 Å². The van der Waals surface area contributed by atoms with Crippen molar-refractivity contribution in [1.82, 2.24) is 14.6 Å². The molecular weight excluding hydrogens is 482 g/mol. The Balaban J connectivity index is 1.12. The van der Waals surface area contributed by atoms with Gasteiger partial charge in [0.15, 0.2) is 0 Å². The van der Waals surface area contributed by atoms with E-state index in [2.05, 4.69) is 33.7 Å². The molecule has 1 aromatic heterocycles. The third-order valence-electron chi connectivity index (χ3n) is 6.82. The lowest BCUT2D eigenvalue weighted by atomic mass is 10.1. The van der Waals surface area contributed by atoms with E-state index in [0.717, 1.165) is 46.4 Å². The number of carbonyl (C=O) groups is 1. The summed E-state index contributed by atoms with van der Waals surface area (Å²) in [7, 11) is -3.58. The fourth-order valence-electron chi connectivity index (χ4n) is 4.98. The van der Waals surface area contributed by atoms with E-state index in [1.165, 1.54) is 5.52 Å². The third-order valence-corrected chi connectivity index (χ3v) is 8.34. The van der Waals surface area contributed by atoms with Crippen molar-refractivity contribution in [1.29, 1.82) is 0 Å². The van der Waals surface area contributed by atoms with Crippen molar-refractivity contribution < 1.29 is 13.2 Å². The molecule has 0 spiro atoms. The topological polar surface area (TPSA) is 80.2 Å². The number of hydrogen-bond donors (Lipinski definition) is 2. The lowest BCUT2D eigenvalue weighted by Gasteiger charge is -2.10. The number of unbranched alkanes of at least 4 members (excludes halogenated alkanes) is 2. The van der Waals surface area contributed by atoms with Crippen molar-refractivity contribution in [3.63, 3.8) is 0 Å². The Morgan fingerprint density at radius 2 is 1.46 bits per heavy atom. The maximum atomic E-state index is 12.8. The summed E-state index contributed by atoms with van der Waals surface area (Å²) in [6.07, 6.45) is 2.28. The Bertz CT molecular complexity index is 1680. The summed E-state index contributed by atoms with van der Waals surface area (Å²) in [6.45, 7) is 3.90. The average Bonchev–Trinajstić information content (AvgIpc) is 3.25. The predicted octanol–water partition coefficient (Wildman–Crippen LogP) is 5.85. The molecule has 0 saturated heterocycles. The molecule has 0 fully saturated rings. The van der Waals surface area contributed by atoms with Gasteiger partial charge in [-0.3, -0.25) is 4.79 Å². The first-order valence-electron chi connectivity index (χ1n) is 12.8. The summed E-state index contributed by atoms with van der Waals surface area (Å²) in [6, 6.07) is 26.9. The van der Waals surface area contributed by atoms with E-state index in [0.29, 0.717) is 30.0 Å². The summed E-state index contributed by atoms with van der Waals surface area (Å²) in [5.74, 6) is -0.0908. The van der Waals surface area contributed by atoms with Gasteiger partial charge in [0.2, 0.25) is 10.0 Å². The van der Waals surface area contributed by atoms with Crippen LogP contribution in [0.25, 0.3) is 32.6 Å². The lowest BCUT2D eigenvalue weighted by Crippen LogP contribution is -2.26. The number of nitrogens with one attached hydrogen (secondary N) is 2. The Morgan fingerprint density at radius 3 is 2.30 bits per heavy atom. The zero-order valence-corrected chi connectivity index (χ0v) is 21.7. The Labute approximate surface area is 217 Å². The molecular formula is C30H31N3O3S. The van der Waals surface area contributed by atoms with Gasteiger partial charge in [-0.05, 0) is 55.5 Å². The molecule has 0 aliphatic heterocycles. The van der Waals surface area contributed by atoms with Crippen LogP contribution in [-0.2, 0) is 16.6 Å². The zero-order chi connectivity index (χ0) is 25.8. The minimum absolute atomic E-state index is 0.0908. The molecule has 6 nitrogen and oxygen atoms in total.